The monoisotopic (exact) mass is 274 g/mol. The number of nitrogens with zero attached hydrogens (tertiary/aromatic N) is 1. The molecule has 3 rings (SSSR count). The minimum Gasteiger partial charge on any atom is -0.492 e. The van der Waals surface area contributed by atoms with Crippen LogP contribution in [0.25, 0.3) is 0 Å². The molecule has 5 nitrogen and oxygen atoms in total. The Hall–Kier alpha value is -2.04. The number of nitrogens with one attached hydrogen (secondary N) is 1. The van der Waals surface area contributed by atoms with Crippen molar-refractivity contribution >= 4 is 17.6 Å². The summed E-state index contributed by atoms with van der Waals surface area (Å²) in [6.45, 7) is 8.21. The molecule has 1 aromatic carbocycles. The Bertz CT molecular complexity index is 620. The van der Waals surface area contributed by atoms with Gasteiger partial charge >= 0.3 is 6.03 Å². The van der Waals surface area contributed by atoms with E-state index in [4.69, 9.17) is 4.74 Å². The Labute approximate surface area is 117 Å². The molecule has 1 N–H and O–H groups in total. The third-order valence-electron chi connectivity index (χ3n) is 3.90. The van der Waals surface area contributed by atoms with Gasteiger partial charge in [-0.1, -0.05) is 19.9 Å². The SMILES string of the molecule is CC1(C)NC(=O)N(c2ccc3c(c2)OCC3(C)C)C1=O. The number of amides is 3. The standard InChI is InChI=1S/C15H18N2O3/c1-14(2)8-20-11-7-9(5-6-10(11)14)17-12(18)15(3,4)16-13(17)19/h5-7H,8H2,1-4H3,(H,16,19). The fraction of sp³-hybridized carbons (Fsp3) is 0.467. The lowest BCUT2D eigenvalue weighted by atomic mass is 9.87. The van der Waals surface area contributed by atoms with Crippen molar-refractivity contribution < 1.29 is 14.3 Å². The number of hydrogen-bond acceptors (Lipinski definition) is 3. The van der Waals surface area contributed by atoms with Gasteiger partial charge in [0.2, 0.25) is 0 Å². The van der Waals surface area contributed by atoms with Gasteiger partial charge in [-0.05, 0) is 19.9 Å². The molecule has 20 heavy (non-hydrogen) atoms. The summed E-state index contributed by atoms with van der Waals surface area (Å²) in [7, 11) is 0. The maximum atomic E-state index is 12.3. The largest absolute Gasteiger partial charge is 0.492 e. The van der Waals surface area contributed by atoms with Crippen LogP contribution in [0.1, 0.15) is 33.3 Å². The molecule has 3 amide bonds. The Kier molecular flexibility index (Phi) is 2.43. The Morgan fingerprint density at radius 1 is 1.20 bits per heavy atom. The molecule has 106 valence electrons. The normalized spacial score (nSPS) is 22.5. The number of hydrogen-bond donors (Lipinski definition) is 1. The summed E-state index contributed by atoms with van der Waals surface area (Å²) in [5.41, 5.74) is 0.753. The highest BCUT2D eigenvalue weighted by molar-refractivity contribution is 6.23. The van der Waals surface area contributed by atoms with Crippen LogP contribution >= 0.6 is 0 Å². The minimum atomic E-state index is -0.865. The van der Waals surface area contributed by atoms with E-state index < -0.39 is 11.6 Å². The molecular formula is C15H18N2O3. The van der Waals surface area contributed by atoms with Crippen molar-refractivity contribution in [2.24, 2.45) is 0 Å². The predicted molar refractivity (Wildman–Crippen MR) is 75.1 cm³/mol. The van der Waals surface area contributed by atoms with Crippen LogP contribution in [0.3, 0.4) is 0 Å². The zero-order valence-corrected chi connectivity index (χ0v) is 12.1. The van der Waals surface area contributed by atoms with E-state index in [1.807, 2.05) is 6.07 Å². The zero-order chi connectivity index (χ0) is 14.7. The number of carbonyl (C=O) groups excluding carboxylic acids is 2. The van der Waals surface area contributed by atoms with E-state index in [9.17, 15) is 9.59 Å². The molecule has 0 unspecified atom stereocenters. The minimum absolute atomic E-state index is 0.0373. The molecule has 1 aromatic rings. The molecule has 0 saturated carbocycles. The molecule has 1 saturated heterocycles. The van der Waals surface area contributed by atoms with Gasteiger partial charge < -0.3 is 10.1 Å². The predicted octanol–water partition coefficient (Wildman–Crippen LogP) is 2.19. The summed E-state index contributed by atoms with van der Waals surface area (Å²) >= 11 is 0. The van der Waals surface area contributed by atoms with Crippen molar-refractivity contribution in [3.8, 4) is 5.75 Å². The van der Waals surface area contributed by atoms with Crippen LogP contribution in [0, 0.1) is 0 Å². The van der Waals surface area contributed by atoms with Gasteiger partial charge in [0.1, 0.15) is 11.3 Å². The summed E-state index contributed by atoms with van der Waals surface area (Å²) in [5, 5.41) is 2.67. The molecule has 2 aliphatic heterocycles. The second-order valence-corrected chi connectivity index (χ2v) is 6.55. The average Bonchev–Trinajstić information content (AvgIpc) is 2.74. The summed E-state index contributed by atoms with van der Waals surface area (Å²) in [6.07, 6.45) is 0. The molecule has 0 atom stereocenters. The smallest absolute Gasteiger partial charge is 0.329 e. The van der Waals surface area contributed by atoms with Gasteiger partial charge in [0.25, 0.3) is 5.91 Å². The molecule has 0 spiro atoms. The van der Waals surface area contributed by atoms with Gasteiger partial charge in [0, 0.05) is 17.0 Å². The topological polar surface area (TPSA) is 58.6 Å². The quantitative estimate of drug-likeness (QED) is 0.799. The van der Waals surface area contributed by atoms with E-state index in [-0.39, 0.29) is 11.3 Å². The highest BCUT2D eigenvalue weighted by atomic mass is 16.5. The van der Waals surface area contributed by atoms with E-state index in [0.29, 0.717) is 12.3 Å². The van der Waals surface area contributed by atoms with Crippen LogP contribution in [0.2, 0.25) is 0 Å². The maximum Gasteiger partial charge on any atom is 0.329 e. The number of ether oxygens (including phenoxy) is 1. The molecule has 2 heterocycles. The summed E-state index contributed by atoms with van der Waals surface area (Å²) < 4.78 is 5.67. The van der Waals surface area contributed by atoms with Crippen LogP contribution in [0.5, 0.6) is 5.75 Å². The van der Waals surface area contributed by atoms with Crippen molar-refractivity contribution in [3.63, 3.8) is 0 Å². The molecule has 2 aliphatic rings. The molecular weight excluding hydrogens is 256 g/mol. The summed E-state index contributed by atoms with van der Waals surface area (Å²) in [4.78, 5) is 25.4. The first-order valence-corrected chi connectivity index (χ1v) is 6.66. The highest BCUT2D eigenvalue weighted by Gasteiger charge is 2.45. The second-order valence-electron chi connectivity index (χ2n) is 6.55. The van der Waals surface area contributed by atoms with Gasteiger partial charge in [-0.25, -0.2) is 9.69 Å². The van der Waals surface area contributed by atoms with E-state index in [2.05, 4.69) is 19.2 Å². The van der Waals surface area contributed by atoms with Crippen molar-refractivity contribution in [1.29, 1.82) is 0 Å². The first-order chi connectivity index (χ1) is 9.22. The summed E-state index contributed by atoms with van der Waals surface area (Å²) in [5.74, 6) is 0.498. The molecule has 0 radical (unpaired) electrons. The van der Waals surface area contributed by atoms with Gasteiger partial charge in [-0.15, -0.1) is 0 Å². The van der Waals surface area contributed by atoms with Crippen molar-refractivity contribution in [1.82, 2.24) is 5.32 Å². The van der Waals surface area contributed by atoms with Gasteiger partial charge in [-0.2, -0.15) is 0 Å². The van der Waals surface area contributed by atoms with E-state index in [0.717, 1.165) is 11.3 Å². The fourth-order valence-electron chi connectivity index (χ4n) is 2.65. The fourth-order valence-corrected chi connectivity index (χ4v) is 2.65. The van der Waals surface area contributed by atoms with Crippen LogP contribution < -0.4 is 15.0 Å². The average molecular weight is 274 g/mol. The van der Waals surface area contributed by atoms with Crippen molar-refractivity contribution in [2.45, 2.75) is 38.6 Å². The van der Waals surface area contributed by atoms with Crippen LogP contribution in [0.15, 0.2) is 18.2 Å². The molecule has 0 bridgehead atoms. The van der Waals surface area contributed by atoms with Crippen LogP contribution in [-0.2, 0) is 10.2 Å². The lowest BCUT2D eigenvalue weighted by Gasteiger charge is -2.18. The number of urea groups is 1. The number of carbonyl (C=O) groups is 2. The Balaban J connectivity index is 2.02. The summed E-state index contributed by atoms with van der Waals surface area (Å²) in [6, 6.07) is 5.11. The lowest BCUT2D eigenvalue weighted by Crippen LogP contribution is -2.40. The number of rotatable bonds is 1. The number of fused-ring (bicyclic) bond motifs is 1. The van der Waals surface area contributed by atoms with Crippen molar-refractivity contribution in [2.75, 3.05) is 11.5 Å². The number of anilines is 1. The third kappa shape index (κ3) is 1.69. The van der Waals surface area contributed by atoms with Crippen molar-refractivity contribution in [3.05, 3.63) is 23.8 Å². The first kappa shape index (κ1) is 13.0. The number of benzene rings is 1. The van der Waals surface area contributed by atoms with Gasteiger partial charge in [0.15, 0.2) is 0 Å². The zero-order valence-electron chi connectivity index (χ0n) is 12.1. The van der Waals surface area contributed by atoms with E-state index in [1.165, 1.54) is 4.90 Å². The highest BCUT2D eigenvalue weighted by Crippen LogP contribution is 2.41. The first-order valence-electron chi connectivity index (χ1n) is 6.66. The van der Waals surface area contributed by atoms with Crippen LogP contribution in [0.4, 0.5) is 10.5 Å². The van der Waals surface area contributed by atoms with Gasteiger partial charge in [-0.3, -0.25) is 4.79 Å². The molecule has 0 aromatic heterocycles. The number of imide groups is 1. The molecule has 1 fully saturated rings. The van der Waals surface area contributed by atoms with E-state index >= 15 is 0 Å². The maximum absolute atomic E-state index is 12.3. The Morgan fingerprint density at radius 3 is 2.50 bits per heavy atom. The van der Waals surface area contributed by atoms with Crippen LogP contribution in [-0.4, -0.2) is 24.1 Å². The van der Waals surface area contributed by atoms with Gasteiger partial charge in [0.05, 0.1) is 12.3 Å². The Morgan fingerprint density at radius 2 is 1.90 bits per heavy atom. The lowest BCUT2D eigenvalue weighted by molar-refractivity contribution is -0.120. The second kappa shape index (κ2) is 3.75. The molecule has 0 aliphatic carbocycles. The molecule has 5 heteroatoms. The third-order valence-corrected chi connectivity index (χ3v) is 3.90. The van der Waals surface area contributed by atoms with E-state index in [1.54, 1.807) is 26.0 Å².